The number of nitrogens with two attached hydrogens (primary N) is 1. The average molecular weight is 420 g/mol. The predicted octanol–water partition coefficient (Wildman–Crippen LogP) is 3.41. The number of aromatic nitrogens is 1. The van der Waals surface area contributed by atoms with E-state index >= 15 is 0 Å². The minimum Gasteiger partial charge on any atom is -0.504 e. The summed E-state index contributed by atoms with van der Waals surface area (Å²) in [6.45, 7) is 3.31. The van der Waals surface area contributed by atoms with E-state index in [1.165, 1.54) is 0 Å². The van der Waals surface area contributed by atoms with Crippen LogP contribution in [0.5, 0.6) is 11.5 Å². The highest BCUT2D eigenvalue weighted by molar-refractivity contribution is 7.21. The Morgan fingerprint density at radius 3 is 2.93 bits per heavy atom. The van der Waals surface area contributed by atoms with Gasteiger partial charge in [-0.1, -0.05) is 19.1 Å². The number of halogens is 1. The topological polar surface area (TPSA) is 88.7 Å². The van der Waals surface area contributed by atoms with Crippen LogP contribution in [0.25, 0.3) is 20.8 Å². The Hall–Kier alpha value is -2.35. The molecule has 0 saturated carbocycles. The van der Waals surface area contributed by atoms with E-state index in [1.54, 1.807) is 22.3 Å². The van der Waals surface area contributed by atoms with E-state index in [0.29, 0.717) is 32.0 Å². The van der Waals surface area contributed by atoms with Gasteiger partial charge in [-0.25, -0.2) is 4.98 Å². The van der Waals surface area contributed by atoms with Crippen LogP contribution in [0.1, 0.15) is 12.5 Å². The Balaban J connectivity index is 0.00000225. The van der Waals surface area contributed by atoms with Crippen molar-refractivity contribution in [1.82, 2.24) is 9.88 Å². The van der Waals surface area contributed by atoms with Crippen LogP contribution in [-0.2, 0) is 11.3 Å². The van der Waals surface area contributed by atoms with Crippen LogP contribution in [0.4, 0.5) is 0 Å². The summed E-state index contributed by atoms with van der Waals surface area (Å²) < 4.78 is 6.82. The Kier molecular flexibility index (Phi) is 6.07. The van der Waals surface area contributed by atoms with E-state index in [0.717, 1.165) is 26.4 Å². The van der Waals surface area contributed by atoms with Crippen molar-refractivity contribution < 1.29 is 14.6 Å². The number of phenolic OH excluding ortho intramolecular Hbond substituents is 1. The van der Waals surface area contributed by atoms with Crippen molar-refractivity contribution in [2.45, 2.75) is 13.5 Å². The fraction of sp³-hybridized carbons (Fsp3) is 0.300. The van der Waals surface area contributed by atoms with E-state index in [4.69, 9.17) is 10.5 Å². The summed E-state index contributed by atoms with van der Waals surface area (Å²) in [7, 11) is 0. The quantitative estimate of drug-likeness (QED) is 0.679. The molecular weight excluding hydrogens is 398 g/mol. The number of rotatable bonds is 3. The number of carbonyl (C=O) groups is 1. The molecule has 3 N–H and O–H groups in total. The number of fused-ring (bicyclic) bond motifs is 2. The van der Waals surface area contributed by atoms with Crippen molar-refractivity contribution in [2.75, 3.05) is 19.7 Å². The normalized spacial score (nSPS) is 14.6. The highest BCUT2D eigenvalue weighted by atomic mass is 35.5. The second kappa shape index (κ2) is 8.34. The van der Waals surface area contributed by atoms with Gasteiger partial charge in [0.05, 0.1) is 16.8 Å². The Bertz CT molecular complexity index is 975. The lowest BCUT2D eigenvalue weighted by Crippen LogP contribution is -2.38. The van der Waals surface area contributed by atoms with Crippen LogP contribution >= 0.6 is 23.7 Å². The lowest BCUT2D eigenvalue weighted by molar-refractivity contribution is -0.135. The smallest absolute Gasteiger partial charge is 0.227 e. The van der Waals surface area contributed by atoms with Gasteiger partial charge in [-0.2, -0.15) is 0 Å². The molecule has 2 aromatic carbocycles. The molecule has 0 bridgehead atoms. The van der Waals surface area contributed by atoms with Gasteiger partial charge in [0.25, 0.3) is 0 Å². The first-order valence-electron chi connectivity index (χ1n) is 8.90. The molecule has 0 fully saturated rings. The number of thiazole rings is 1. The highest BCUT2D eigenvalue weighted by Gasteiger charge is 2.25. The summed E-state index contributed by atoms with van der Waals surface area (Å²) in [6, 6.07) is 11.6. The predicted molar refractivity (Wildman–Crippen MR) is 113 cm³/mol. The maximum Gasteiger partial charge on any atom is 0.227 e. The standard InChI is InChI=1S/C20H21N3O3S.ClH/c1-12(10-21)20(25)23-6-7-26-18-14(11-23)8-13(9-16(18)24)19-22-15-4-2-3-5-17(15)27-19;/h2-5,8-9,12,24H,6-7,10-11,21H2,1H3;1H. The zero-order valence-corrected chi connectivity index (χ0v) is 17.1. The monoisotopic (exact) mass is 419 g/mol. The van der Waals surface area contributed by atoms with Gasteiger partial charge in [-0.3, -0.25) is 4.79 Å². The summed E-state index contributed by atoms with van der Waals surface area (Å²) in [6.07, 6.45) is 0. The maximum atomic E-state index is 12.6. The molecule has 8 heteroatoms. The van der Waals surface area contributed by atoms with Crippen LogP contribution in [0.15, 0.2) is 36.4 Å². The van der Waals surface area contributed by atoms with E-state index in [-0.39, 0.29) is 30.0 Å². The molecule has 1 amide bonds. The molecule has 148 valence electrons. The lowest BCUT2D eigenvalue weighted by atomic mass is 10.1. The number of phenols is 1. The molecule has 3 aromatic rings. The molecule has 0 spiro atoms. The molecule has 0 saturated heterocycles. The summed E-state index contributed by atoms with van der Waals surface area (Å²) in [4.78, 5) is 19.0. The number of nitrogens with zero attached hydrogens (tertiary/aromatic N) is 2. The van der Waals surface area contributed by atoms with Crippen molar-refractivity contribution in [1.29, 1.82) is 0 Å². The van der Waals surface area contributed by atoms with Gasteiger partial charge in [-0.05, 0) is 24.3 Å². The van der Waals surface area contributed by atoms with E-state index in [2.05, 4.69) is 4.98 Å². The number of para-hydroxylation sites is 1. The van der Waals surface area contributed by atoms with E-state index in [1.807, 2.05) is 37.3 Å². The first-order chi connectivity index (χ1) is 13.1. The Morgan fingerprint density at radius 1 is 1.39 bits per heavy atom. The summed E-state index contributed by atoms with van der Waals surface area (Å²) >= 11 is 1.57. The molecule has 6 nitrogen and oxygen atoms in total. The minimum atomic E-state index is -0.243. The molecule has 28 heavy (non-hydrogen) atoms. The zero-order valence-electron chi connectivity index (χ0n) is 15.4. The van der Waals surface area contributed by atoms with Crippen LogP contribution in [-0.4, -0.2) is 40.6 Å². The van der Waals surface area contributed by atoms with Crippen LogP contribution in [0.3, 0.4) is 0 Å². The average Bonchev–Trinajstić information content (AvgIpc) is 2.99. The fourth-order valence-electron chi connectivity index (χ4n) is 3.22. The number of hydrogen-bond acceptors (Lipinski definition) is 6. The second-order valence-electron chi connectivity index (χ2n) is 6.72. The van der Waals surface area contributed by atoms with Crippen molar-refractivity contribution in [3.8, 4) is 22.1 Å². The first-order valence-corrected chi connectivity index (χ1v) is 9.72. The Labute approximate surface area is 173 Å². The highest BCUT2D eigenvalue weighted by Crippen LogP contribution is 2.39. The molecular formula is C20H22ClN3O3S. The van der Waals surface area contributed by atoms with Gasteiger partial charge in [0, 0.05) is 30.1 Å². The van der Waals surface area contributed by atoms with Crippen molar-refractivity contribution >= 4 is 39.9 Å². The number of hydrogen-bond donors (Lipinski definition) is 2. The number of benzene rings is 2. The van der Waals surface area contributed by atoms with Crippen LogP contribution in [0, 0.1) is 5.92 Å². The van der Waals surface area contributed by atoms with Gasteiger partial charge in [0.2, 0.25) is 5.91 Å². The molecule has 1 unspecified atom stereocenters. The number of amides is 1. The molecule has 1 aromatic heterocycles. The largest absolute Gasteiger partial charge is 0.504 e. The van der Waals surface area contributed by atoms with E-state index < -0.39 is 0 Å². The minimum absolute atomic E-state index is 0. The third-order valence-corrected chi connectivity index (χ3v) is 5.83. The van der Waals surface area contributed by atoms with Crippen LogP contribution < -0.4 is 10.5 Å². The second-order valence-corrected chi connectivity index (χ2v) is 7.75. The molecule has 0 radical (unpaired) electrons. The number of carbonyl (C=O) groups excluding carboxylic acids is 1. The third kappa shape index (κ3) is 3.78. The number of aromatic hydroxyl groups is 1. The fourth-order valence-corrected chi connectivity index (χ4v) is 4.17. The van der Waals surface area contributed by atoms with Gasteiger partial charge in [-0.15, -0.1) is 23.7 Å². The summed E-state index contributed by atoms with van der Waals surface area (Å²) in [5, 5.41) is 11.3. The first kappa shape index (κ1) is 20.4. The third-order valence-electron chi connectivity index (χ3n) is 4.74. The van der Waals surface area contributed by atoms with E-state index in [9.17, 15) is 9.90 Å². The zero-order chi connectivity index (χ0) is 19.0. The van der Waals surface area contributed by atoms with Crippen molar-refractivity contribution in [2.24, 2.45) is 11.7 Å². The molecule has 1 aliphatic rings. The van der Waals surface area contributed by atoms with Crippen molar-refractivity contribution in [3.05, 3.63) is 42.0 Å². The van der Waals surface area contributed by atoms with Gasteiger partial charge in [0.1, 0.15) is 11.6 Å². The summed E-state index contributed by atoms with van der Waals surface area (Å²) in [5.74, 6) is 0.268. The SMILES string of the molecule is CC(CN)C(=O)N1CCOc2c(O)cc(-c3nc4ccccc4s3)cc2C1.Cl. The van der Waals surface area contributed by atoms with Gasteiger partial charge in [0.15, 0.2) is 11.5 Å². The molecule has 1 aliphatic heterocycles. The molecule has 4 rings (SSSR count). The van der Waals surface area contributed by atoms with Crippen molar-refractivity contribution in [3.63, 3.8) is 0 Å². The van der Waals surface area contributed by atoms with Gasteiger partial charge >= 0.3 is 0 Å². The van der Waals surface area contributed by atoms with Crippen LogP contribution in [0.2, 0.25) is 0 Å². The Morgan fingerprint density at radius 2 is 2.18 bits per heavy atom. The van der Waals surface area contributed by atoms with Gasteiger partial charge < -0.3 is 20.5 Å². The summed E-state index contributed by atoms with van der Waals surface area (Å²) in [5.41, 5.74) is 8.17. The molecule has 2 heterocycles. The number of ether oxygens (including phenoxy) is 1. The molecule has 0 aliphatic carbocycles. The molecule has 1 atom stereocenters. The lowest BCUT2D eigenvalue weighted by Gasteiger charge is -2.23. The maximum absolute atomic E-state index is 12.6.